The van der Waals surface area contributed by atoms with E-state index in [1.54, 1.807) is 18.2 Å². The molecule has 0 unspecified atom stereocenters. The number of halogens is 1. The second kappa shape index (κ2) is 5.67. The highest BCUT2D eigenvalue weighted by Gasteiger charge is 1.98. The van der Waals surface area contributed by atoms with Crippen LogP contribution in [0.1, 0.15) is 12.0 Å². The van der Waals surface area contributed by atoms with E-state index in [0.717, 1.165) is 0 Å². The Morgan fingerprint density at radius 3 is 3.00 bits per heavy atom. The van der Waals surface area contributed by atoms with E-state index in [1.165, 1.54) is 12.1 Å². The predicted molar refractivity (Wildman–Crippen MR) is 55.7 cm³/mol. The molecule has 0 spiro atoms. The molecule has 0 aliphatic carbocycles. The first-order chi connectivity index (χ1) is 7.24. The largest absolute Gasteiger partial charge is 0.505 e. The highest BCUT2D eigenvalue weighted by Crippen LogP contribution is 2.16. The number of phenols is 1. The van der Waals surface area contributed by atoms with Crippen LogP contribution in [-0.4, -0.2) is 11.7 Å². The molecular weight excluding hydrogens is 197 g/mol. The zero-order valence-electron chi connectivity index (χ0n) is 7.97. The van der Waals surface area contributed by atoms with Crippen LogP contribution in [0.3, 0.4) is 0 Å². The number of phenolic OH excluding ortho intramolecular Hbond substituents is 1. The van der Waals surface area contributed by atoms with Crippen molar-refractivity contribution >= 4 is 6.08 Å². The number of azide groups is 1. The van der Waals surface area contributed by atoms with Crippen molar-refractivity contribution in [1.82, 2.24) is 0 Å². The Labute approximate surface area is 86.3 Å². The highest BCUT2D eigenvalue weighted by molar-refractivity contribution is 5.50. The molecule has 0 aliphatic rings. The van der Waals surface area contributed by atoms with Crippen molar-refractivity contribution in [2.45, 2.75) is 6.42 Å². The number of benzene rings is 1. The Balaban J connectivity index is 2.56. The number of hydrogen-bond donors (Lipinski definition) is 1. The Morgan fingerprint density at radius 1 is 1.53 bits per heavy atom. The van der Waals surface area contributed by atoms with Crippen molar-refractivity contribution in [2.24, 2.45) is 5.11 Å². The van der Waals surface area contributed by atoms with Gasteiger partial charge in [0.2, 0.25) is 0 Å². The maximum atomic E-state index is 12.9. The normalized spacial score (nSPS) is 10.2. The average Bonchev–Trinajstić information content (AvgIpc) is 2.23. The lowest BCUT2D eigenvalue weighted by Gasteiger charge is -1.96. The van der Waals surface area contributed by atoms with E-state index in [1.807, 2.05) is 0 Å². The molecule has 0 heterocycles. The van der Waals surface area contributed by atoms with Crippen LogP contribution in [0, 0.1) is 5.82 Å². The van der Waals surface area contributed by atoms with Gasteiger partial charge in [-0.25, -0.2) is 4.39 Å². The summed E-state index contributed by atoms with van der Waals surface area (Å²) in [4.78, 5) is 2.60. The van der Waals surface area contributed by atoms with Crippen LogP contribution in [0.15, 0.2) is 29.4 Å². The van der Waals surface area contributed by atoms with Gasteiger partial charge < -0.3 is 5.11 Å². The number of rotatable bonds is 4. The van der Waals surface area contributed by atoms with Crippen LogP contribution in [0.25, 0.3) is 16.5 Å². The summed E-state index contributed by atoms with van der Waals surface area (Å²) in [5.41, 5.74) is 8.66. The van der Waals surface area contributed by atoms with Gasteiger partial charge in [-0.2, -0.15) is 0 Å². The van der Waals surface area contributed by atoms with Gasteiger partial charge in [-0.3, -0.25) is 0 Å². The van der Waals surface area contributed by atoms with Crippen LogP contribution in [0.4, 0.5) is 4.39 Å². The Morgan fingerprint density at radius 2 is 2.33 bits per heavy atom. The molecule has 1 rings (SSSR count). The molecule has 78 valence electrons. The van der Waals surface area contributed by atoms with Crippen molar-refractivity contribution in [2.75, 3.05) is 6.54 Å². The Bertz CT molecular complexity index is 411. The smallest absolute Gasteiger partial charge is 0.165 e. The fourth-order valence-corrected chi connectivity index (χ4v) is 1.02. The minimum Gasteiger partial charge on any atom is -0.505 e. The fourth-order valence-electron chi connectivity index (χ4n) is 1.02. The second-order valence-corrected chi connectivity index (χ2v) is 2.86. The summed E-state index contributed by atoms with van der Waals surface area (Å²) in [6, 6.07) is 4.13. The van der Waals surface area contributed by atoms with Gasteiger partial charge in [0.15, 0.2) is 11.6 Å². The number of hydrogen-bond acceptors (Lipinski definition) is 2. The minimum atomic E-state index is -0.646. The molecule has 5 heteroatoms. The standard InChI is InChI=1S/C10H10FN3O/c11-9-7-8(4-5-10(9)15)3-1-2-6-13-14-12/h1,3-5,7,15H,2,6H2. The summed E-state index contributed by atoms with van der Waals surface area (Å²) in [7, 11) is 0. The summed E-state index contributed by atoms with van der Waals surface area (Å²) >= 11 is 0. The molecule has 1 N–H and O–H groups in total. The van der Waals surface area contributed by atoms with E-state index in [9.17, 15) is 4.39 Å². The molecule has 15 heavy (non-hydrogen) atoms. The lowest BCUT2D eigenvalue weighted by Crippen LogP contribution is -1.79. The molecule has 0 amide bonds. The van der Waals surface area contributed by atoms with Gasteiger partial charge in [-0.1, -0.05) is 23.3 Å². The lowest BCUT2D eigenvalue weighted by atomic mass is 10.2. The van der Waals surface area contributed by atoms with Crippen LogP contribution in [0.2, 0.25) is 0 Å². The van der Waals surface area contributed by atoms with Crippen LogP contribution in [-0.2, 0) is 0 Å². The van der Waals surface area contributed by atoms with Gasteiger partial charge in [-0.15, -0.1) is 0 Å². The summed E-state index contributed by atoms with van der Waals surface area (Å²) in [6.07, 6.45) is 4.09. The Hall–Kier alpha value is -2.00. The molecule has 4 nitrogen and oxygen atoms in total. The van der Waals surface area contributed by atoms with Crippen molar-refractivity contribution in [3.05, 3.63) is 46.1 Å². The predicted octanol–water partition coefficient (Wildman–Crippen LogP) is 3.24. The first kappa shape index (κ1) is 11.1. The summed E-state index contributed by atoms with van der Waals surface area (Å²) in [5, 5.41) is 12.3. The first-order valence-electron chi connectivity index (χ1n) is 4.40. The van der Waals surface area contributed by atoms with Gasteiger partial charge in [0.25, 0.3) is 0 Å². The molecule has 0 aliphatic heterocycles. The summed E-state index contributed by atoms with van der Waals surface area (Å²) < 4.78 is 12.9. The molecule has 0 fully saturated rings. The van der Waals surface area contributed by atoms with Crippen LogP contribution >= 0.6 is 0 Å². The average molecular weight is 207 g/mol. The van der Waals surface area contributed by atoms with E-state index < -0.39 is 5.82 Å². The summed E-state index contributed by atoms with van der Waals surface area (Å²) in [5.74, 6) is -1.01. The van der Waals surface area contributed by atoms with Crippen molar-refractivity contribution < 1.29 is 9.50 Å². The monoisotopic (exact) mass is 207 g/mol. The van der Waals surface area contributed by atoms with E-state index in [-0.39, 0.29) is 5.75 Å². The van der Waals surface area contributed by atoms with E-state index in [2.05, 4.69) is 10.0 Å². The number of aromatic hydroxyl groups is 1. The zero-order valence-corrected chi connectivity index (χ0v) is 7.97. The van der Waals surface area contributed by atoms with Gasteiger partial charge >= 0.3 is 0 Å². The van der Waals surface area contributed by atoms with Gasteiger partial charge in [0.05, 0.1) is 0 Å². The third kappa shape index (κ3) is 3.70. The van der Waals surface area contributed by atoms with Gasteiger partial charge in [0.1, 0.15) is 0 Å². The van der Waals surface area contributed by atoms with Gasteiger partial charge in [-0.05, 0) is 29.6 Å². The molecule has 1 aromatic rings. The SMILES string of the molecule is [N-]=[N+]=NCCC=Cc1ccc(O)c(F)c1. The Kier molecular flexibility index (Phi) is 4.19. The topological polar surface area (TPSA) is 69.0 Å². The van der Waals surface area contributed by atoms with Crippen molar-refractivity contribution in [3.8, 4) is 5.75 Å². The fraction of sp³-hybridized carbons (Fsp3) is 0.200. The first-order valence-corrected chi connectivity index (χ1v) is 4.40. The molecule has 0 saturated carbocycles. The van der Waals surface area contributed by atoms with E-state index in [4.69, 9.17) is 10.6 Å². The summed E-state index contributed by atoms with van der Waals surface area (Å²) in [6.45, 7) is 0.383. The molecule has 1 aromatic carbocycles. The molecule has 0 atom stereocenters. The lowest BCUT2D eigenvalue weighted by molar-refractivity contribution is 0.432. The molecule has 0 aromatic heterocycles. The molecule has 0 bridgehead atoms. The van der Waals surface area contributed by atoms with E-state index >= 15 is 0 Å². The second-order valence-electron chi connectivity index (χ2n) is 2.86. The van der Waals surface area contributed by atoms with Crippen LogP contribution in [0.5, 0.6) is 5.75 Å². The maximum absolute atomic E-state index is 12.9. The highest BCUT2D eigenvalue weighted by atomic mass is 19.1. The van der Waals surface area contributed by atoms with Crippen molar-refractivity contribution in [3.63, 3.8) is 0 Å². The maximum Gasteiger partial charge on any atom is 0.165 e. The van der Waals surface area contributed by atoms with Crippen LogP contribution < -0.4 is 0 Å². The number of nitrogens with zero attached hydrogens (tertiary/aromatic N) is 3. The zero-order chi connectivity index (χ0) is 11.1. The quantitative estimate of drug-likeness (QED) is 0.350. The minimum absolute atomic E-state index is 0.360. The third-order valence-electron chi connectivity index (χ3n) is 1.74. The third-order valence-corrected chi connectivity index (χ3v) is 1.74. The van der Waals surface area contributed by atoms with E-state index in [0.29, 0.717) is 18.5 Å². The van der Waals surface area contributed by atoms with Crippen molar-refractivity contribution in [1.29, 1.82) is 0 Å². The molecule has 0 saturated heterocycles. The molecular formula is C10H10FN3O. The van der Waals surface area contributed by atoms with Gasteiger partial charge in [0, 0.05) is 11.5 Å². The molecule has 0 radical (unpaired) electrons.